The third-order valence-corrected chi connectivity index (χ3v) is 8.95. The normalized spacial score (nSPS) is 12.3. The van der Waals surface area contributed by atoms with Crippen molar-refractivity contribution in [2.24, 2.45) is 0 Å². The molecule has 0 N–H and O–H groups in total. The Morgan fingerprint density at radius 3 is 1.98 bits per heavy atom. The highest BCUT2D eigenvalue weighted by Gasteiger charge is 2.32. The molecule has 1 aliphatic carbocycles. The number of hydrogen-bond acceptors (Lipinski definition) is 4. The van der Waals surface area contributed by atoms with Gasteiger partial charge in [-0.15, -0.1) is 0 Å². The topological polar surface area (TPSA) is 60.7 Å². The van der Waals surface area contributed by atoms with Gasteiger partial charge in [-0.1, -0.05) is 109 Å². The molecule has 0 aliphatic heterocycles. The monoisotopic (exact) mass is 590 g/mol. The summed E-state index contributed by atoms with van der Waals surface area (Å²) in [7, 11) is 0. The Kier molecular flexibility index (Phi) is 5.96. The molecule has 5 nitrogen and oxygen atoms in total. The van der Waals surface area contributed by atoms with Gasteiger partial charge < -0.3 is 0 Å². The first kappa shape index (κ1) is 26.2. The average Bonchev–Trinajstić information content (AvgIpc) is 3.45. The van der Waals surface area contributed by atoms with Crippen LogP contribution in [-0.2, 0) is 0 Å². The molecule has 46 heavy (non-hydrogen) atoms. The first-order chi connectivity index (χ1) is 22.7. The largest absolute Gasteiger partial charge is 0.280 e. The fourth-order valence-electron chi connectivity index (χ4n) is 6.88. The molecule has 0 saturated carbocycles. The maximum atomic E-state index is 14.5. The molecule has 1 aliphatic rings. The second-order valence-electron chi connectivity index (χ2n) is 11.6. The predicted molar refractivity (Wildman–Crippen MR) is 185 cm³/mol. The number of benzene rings is 5. The molecule has 5 heteroatoms. The summed E-state index contributed by atoms with van der Waals surface area (Å²) in [5.41, 5.74) is 10.5. The summed E-state index contributed by atoms with van der Waals surface area (Å²) in [6.45, 7) is 0. The SMILES string of the molecule is O=c1c2ccccc2nc(-c2cccc(-c3cc(-c4ccccc4)c4cccnc4n3)c2)n1C1c2ccccc2-c2ccccc21. The maximum absolute atomic E-state index is 14.5. The Hall–Kier alpha value is -6.20. The Balaban J connectivity index is 1.29. The Morgan fingerprint density at radius 2 is 1.17 bits per heavy atom. The van der Waals surface area contributed by atoms with E-state index in [9.17, 15) is 4.79 Å². The van der Waals surface area contributed by atoms with Crippen molar-refractivity contribution in [1.29, 1.82) is 0 Å². The number of nitrogens with zero attached hydrogens (tertiary/aromatic N) is 4. The van der Waals surface area contributed by atoms with Gasteiger partial charge in [0.15, 0.2) is 5.65 Å². The third-order valence-electron chi connectivity index (χ3n) is 8.95. The third kappa shape index (κ3) is 4.10. The number of hydrogen-bond donors (Lipinski definition) is 0. The van der Waals surface area contributed by atoms with Gasteiger partial charge in [0.1, 0.15) is 5.82 Å². The van der Waals surface area contributed by atoms with Crippen LogP contribution in [0.15, 0.2) is 157 Å². The van der Waals surface area contributed by atoms with Gasteiger partial charge in [-0.2, -0.15) is 0 Å². The van der Waals surface area contributed by atoms with E-state index < -0.39 is 0 Å². The van der Waals surface area contributed by atoms with Crippen LogP contribution in [0.2, 0.25) is 0 Å². The zero-order chi connectivity index (χ0) is 30.6. The minimum Gasteiger partial charge on any atom is -0.280 e. The lowest BCUT2D eigenvalue weighted by Gasteiger charge is -2.22. The van der Waals surface area contributed by atoms with Crippen LogP contribution in [0.25, 0.3) is 66.8 Å². The van der Waals surface area contributed by atoms with Gasteiger partial charge in [-0.3, -0.25) is 9.36 Å². The number of fused-ring (bicyclic) bond motifs is 5. The summed E-state index contributed by atoms with van der Waals surface area (Å²) in [6.07, 6.45) is 1.78. The van der Waals surface area contributed by atoms with E-state index in [4.69, 9.17) is 9.97 Å². The maximum Gasteiger partial charge on any atom is 0.262 e. The average molecular weight is 591 g/mol. The lowest BCUT2D eigenvalue weighted by atomic mass is 9.98. The molecule has 3 aromatic heterocycles. The van der Waals surface area contributed by atoms with Crippen molar-refractivity contribution in [3.05, 3.63) is 173 Å². The molecule has 0 radical (unpaired) electrons. The van der Waals surface area contributed by atoms with Crippen molar-refractivity contribution in [2.45, 2.75) is 6.04 Å². The van der Waals surface area contributed by atoms with Crippen molar-refractivity contribution in [2.75, 3.05) is 0 Å². The summed E-state index contributed by atoms with van der Waals surface area (Å²) in [6, 6.07) is 48.6. The Bertz CT molecular complexity index is 2470. The summed E-state index contributed by atoms with van der Waals surface area (Å²) in [4.78, 5) is 29.3. The molecule has 0 fully saturated rings. The van der Waals surface area contributed by atoms with E-state index >= 15 is 0 Å². The lowest BCUT2D eigenvalue weighted by molar-refractivity contribution is 0.665. The molecule has 8 aromatic rings. The fraction of sp³-hybridized carbons (Fsp3) is 0.0244. The Labute approximate surface area is 265 Å². The van der Waals surface area contributed by atoms with Crippen molar-refractivity contribution >= 4 is 21.9 Å². The molecule has 0 atom stereocenters. The van der Waals surface area contributed by atoms with E-state index in [-0.39, 0.29) is 11.6 Å². The van der Waals surface area contributed by atoms with Crippen LogP contribution < -0.4 is 5.56 Å². The number of pyridine rings is 2. The van der Waals surface area contributed by atoms with E-state index in [2.05, 4.69) is 77.8 Å². The van der Waals surface area contributed by atoms with Crippen LogP contribution in [0.4, 0.5) is 0 Å². The van der Waals surface area contributed by atoms with Gasteiger partial charge >= 0.3 is 0 Å². The standard InChI is InChI=1S/C41H26N4O/c46-41-34-20-8-9-22-36(34)44-40(45(41)38-31-18-6-4-16-29(31)30-17-5-7-19-32(30)38)28-15-10-14-27(24-28)37-25-35(26-12-2-1-3-13-26)33-21-11-23-42-39(33)43-37/h1-25,38H. The van der Waals surface area contributed by atoms with Gasteiger partial charge in [-0.05, 0) is 69.8 Å². The van der Waals surface area contributed by atoms with Gasteiger partial charge in [0.05, 0.1) is 22.6 Å². The van der Waals surface area contributed by atoms with E-state index in [1.54, 1.807) is 6.20 Å². The molecule has 9 rings (SSSR count). The molecule has 0 spiro atoms. The highest BCUT2D eigenvalue weighted by molar-refractivity contribution is 5.95. The van der Waals surface area contributed by atoms with Gasteiger partial charge in [0.25, 0.3) is 5.56 Å². The molecule has 0 amide bonds. The number of rotatable bonds is 4. The van der Waals surface area contributed by atoms with Gasteiger partial charge in [0, 0.05) is 22.7 Å². The van der Waals surface area contributed by atoms with E-state index in [1.165, 1.54) is 0 Å². The molecular weight excluding hydrogens is 564 g/mol. The smallest absolute Gasteiger partial charge is 0.262 e. The van der Waals surface area contributed by atoms with Crippen LogP contribution in [0, 0.1) is 0 Å². The van der Waals surface area contributed by atoms with Crippen molar-refractivity contribution in [3.8, 4) is 44.9 Å². The second-order valence-corrected chi connectivity index (χ2v) is 11.6. The summed E-state index contributed by atoms with van der Waals surface area (Å²) >= 11 is 0. The predicted octanol–water partition coefficient (Wildman–Crippen LogP) is 8.96. The molecular formula is C41H26N4O. The van der Waals surface area contributed by atoms with Gasteiger partial charge in [-0.25, -0.2) is 15.0 Å². The highest BCUT2D eigenvalue weighted by Crippen LogP contribution is 2.46. The number of para-hydroxylation sites is 1. The first-order valence-electron chi connectivity index (χ1n) is 15.4. The second kappa shape index (κ2) is 10.5. The first-order valence-corrected chi connectivity index (χ1v) is 15.4. The fourth-order valence-corrected chi connectivity index (χ4v) is 6.88. The van der Waals surface area contributed by atoms with Crippen LogP contribution >= 0.6 is 0 Å². The van der Waals surface area contributed by atoms with E-state index in [0.29, 0.717) is 22.4 Å². The molecule has 5 aromatic carbocycles. The zero-order valence-electron chi connectivity index (χ0n) is 24.7. The van der Waals surface area contributed by atoms with Gasteiger partial charge in [0.2, 0.25) is 0 Å². The number of aromatic nitrogens is 4. The molecule has 0 bridgehead atoms. The molecule has 0 unspecified atom stereocenters. The molecule has 3 heterocycles. The Morgan fingerprint density at radius 1 is 0.522 bits per heavy atom. The quantitative estimate of drug-likeness (QED) is 0.205. The molecule has 216 valence electrons. The lowest BCUT2D eigenvalue weighted by Crippen LogP contribution is -2.28. The summed E-state index contributed by atoms with van der Waals surface area (Å²) < 4.78 is 1.89. The minimum absolute atomic E-state index is 0.0677. The van der Waals surface area contributed by atoms with E-state index in [1.807, 2.05) is 77.4 Å². The summed E-state index contributed by atoms with van der Waals surface area (Å²) in [5, 5.41) is 1.59. The molecule has 0 saturated heterocycles. The zero-order valence-corrected chi connectivity index (χ0v) is 24.7. The minimum atomic E-state index is -0.316. The van der Waals surface area contributed by atoms with Crippen LogP contribution in [0.5, 0.6) is 0 Å². The van der Waals surface area contributed by atoms with Crippen LogP contribution in [0.3, 0.4) is 0 Å². The van der Waals surface area contributed by atoms with E-state index in [0.717, 1.165) is 55.6 Å². The summed E-state index contributed by atoms with van der Waals surface area (Å²) in [5.74, 6) is 0.615. The van der Waals surface area contributed by atoms with Crippen molar-refractivity contribution in [3.63, 3.8) is 0 Å². The highest BCUT2D eigenvalue weighted by atomic mass is 16.1. The van der Waals surface area contributed by atoms with Crippen molar-refractivity contribution < 1.29 is 0 Å². The van der Waals surface area contributed by atoms with Crippen LogP contribution in [0.1, 0.15) is 17.2 Å². The van der Waals surface area contributed by atoms with Crippen molar-refractivity contribution in [1.82, 2.24) is 19.5 Å². The van der Waals surface area contributed by atoms with Crippen LogP contribution in [-0.4, -0.2) is 19.5 Å².